The standard InChI is InChI=1S/C15H16O4/c1-9(2)13-12(14(17)19-15(13)18)7-10-3-5-11(8-16)6-4-10/h3-6,9,16H,7-8H2,1-2H3. The van der Waals surface area contributed by atoms with Crippen molar-refractivity contribution in [3.05, 3.63) is 46.5 Å². The summed E-state index contributed by atoms with van der Waals surface area (Å²) in [6.45, 7) is 3.72. The Hall–Kier alpha value is -1.94. The molecule has 0 radical (unpaired) electrons. The van der Waals surface area contributed by atoms with Gasteiger partial charge in [0, 0.05) is 6.42 Å². The van der Waals surface area contributed by atoms with E-state index in [0.29, 0.717) is 17.6 Å². The minimum atomic E-state index is -0.542. The zero-order valence-electron chi connectivity index (χ0n) is 11.0. The fourth-order valence-corrected chi connectivity index (χ4v) is 2.15. The lowest BCUT2D eigenvalue weighted by atomic mass is 9.94. The minimum Gasteiger partial charge on any atom is -0.392 e. The highest BCUT2D eigenvalue weighted by molar-refractivity contribution is 6.12. The lowest BCUT2D eigenvalue weighted by molar-refractivity contribution is -0.151. The van der Waals surface area contributed by atoms with E-state index in [1.807, 2.05) is 26.0 Å². The molecule has 4 nitrogen and oxygen atoms in total. The second-order valence-electron chi connectivity index (χ2n) is 4.88. The van der Waals surface area contributed by atoms with Crippen LogP contribution in [0, 0.1) is 5.92 Å². The first-order valence-corrected chi connectivity index (χ1v) is 6.21. The van der Waals surface area contributed by atoms with E-state index in [-0.39, 0.29) is 12.5 Å². The molecule has 0 bridgehead atoms. The third-order valence-corrected chi connectivity index (χ3v) is 3.14. The molecule has 0 amide bonds. The van der Waals surface area contributed by atoms with Gasteiger partial charge < -0.3 is 9.84 Å². The third kappa shape index (κ3) is 2.74. The molecule has 2 rings (SSSR count). The van der Waals surface area contributed by atoms with Gasteiger partial charge in [0.2, 0.25) is 0 Å². The highest BCUT2D eigenvalue weighted by atomic mass is 16.6. The van der Waals surface area contributed by atoms with Gasteiger partial charge in [-0.1, -0.05) is 38.1 Å². The summed E-state index contributed by atoms with van der Waals surface area (Å²) in [5.41, 5.74) is 2.64. The molecule has 0 atom stereocenters. The Balaban J connectivity index is 2.29. The van der Waals surface area contributed by atoms with Crippen molar-refractivity contribution in [2.45, 2.75) is 26.9 Å². The number of hydrogen-bond donors (Lipinski definition) is 1. The summed E-state index contributed by atoms with van der Waals surface area (Å²) in [6.07, 6.45) is 0.379. The molecule has 1 N–H and O–H groups in total. The molecular formula is C15H16O4. The Morgan fingerprint density at radius 2 is 1.63 bits per heavy atom. The number of benzene rings is 1. The summed E-state index contributed by atoms with van der Waals surface area (Å²) in [5.74, 6) is -1.10. The van der Waals surface area contributed by atoms with E-state index in [1.165, 1.54) is 0 Å². The minimum absolute atomic E-state index is 0.0131. The van der Waals surface area contributed by atoms with E-state index in [2.05, 4.69) is 4.74 Å². The molecule has 0 saturated carbocycles. The van der Waals surface area contributed by atoms with Crippen molar-refractivity contribution in [1.29, 1.82) is 0 Å². The van der Waals surface area contributed by atoms with Gasteiger partial charge in [-0.3, -0.25) is 0 Å². The first kappa shape index (κ1) is 13.5. The molecule has 19 heavy (non-hydrogen) atoms. The number of aliphatic hydroxyl groups excluding tert-OH is 1. The summed E-state index contributed by atoms with van der Waals surface area (Å²) >= 11 is 0. The van der Waals surface area contributed by atoms with Crippen molar-refractivity contribution in [2.75, 3.05) is 0 Å². The average molecular weight is 260 g/mol. The number of ether oxygens (including phenoxy) is 1. The van der Waals surface area contributed by atoms with Crippen LogP contribution < -0.4 is 0 Å². The van der Waals surface area contributed by atoms with E-state index >= 15 is 0 Å². The lowest BCUT2D eigenvalue weighted by Gasteiger charge is -2.06. The van der Waals surface area contributed by atoms with E-state index in [4.69, 9.17) is 5.11 Å². The van der Waals surface area contributed by atoms with Crippen LogP contribution in [-0.2, 0) is 27.4 Å². The van der Waals surface area contributed by atoms with Crippen molar-refractivity contribution in [3.8, 4) is 0 Å². The molecule has 1 aromatic rings. The predicted molar refractivity (Wildman–Crippen MR) is 69.0 cm³/mol. The van der Waals surface area contributed by atoms with Crippen LogP contribution in [0.15, 0.2) is 35.4 Å². The molecular weight excluding hydrogens is 244 g/mol. The third-order valence-electron chi connectivity index (χ3n) is 3.14. The van der Waals surface area contributed by atoms with Crippen molar-refractivity contribution >= 4 is 11.9 Å². The maximum atomic E-state index is 11.7. The average Bonchev–Trinajstić information content (AvgIpc) is 2.65. The summed E-state index contributed by atoms with van der Waals surface area (Å²) < 4.78 is 4.67. The Morgan fingerprint density at radius 1 is 1.05 bits per heavy atom. The predicted octanol–water partition coefficient (Wildman–Crippen LogP) is 1.76. The van der Waals surface area contributed by atoms with Crippen LogP contribution in [0.1, 0.15) is 25.0 Å². The van der Waals surface area contributed by atoms with Gasteiger partial charge in [-0.2, -0.15) is 0 Å². The quantitative estimate of drug-likeness (QED) is 0.662. The largest absolute Gasteiger partial charge is 0.392 e. The van der Waals surface area contributed by atoms with E-state index < -0.39 is 11.9 Å². The van der Waals surface area contributed by atoms with Gasteiger partial charge >= 0.3 is 11.9 Å². The van der Waals surface area contributed by atoms with E-state index in [0.717, 1.165) is 11.1 Å². The number of carbonyl (C=O) groups is 2. The number of aliphatic hydroxyl groups is 1. The highest BCUT2D eigenvalue weighted by Crippen LogP contribution is 2.27. The van der Waals surface area contributed by atoms with Crippen LogP contribution in [0.4, 0.5) is 0 Å². The monoisotopic (exact) mass is 260 g/mol. The first-order valence-electron chi connectivity index (χ1n) is 6.21. The van der Waals surface area contributed by atoms with Crippen LogP contribution in [0.2, 0.25) is 0 Å². The maximum Gasteiger partial charge on any atom is 0.342 e. The van der Waals surface area contributed by atoms with Crippen LogP contribution in [-0.4, -0.2) is 17.0 Å². The molecule has 1 aromatic carbocycles. The lowest BCUT2D eigenvalue weighted by Crippen LogP contribution is -2.05. The van der Waals surface area contributed by atoms with Gasteiger partial charge in [-0.25, -0.2) is 9.59 Å². The number of carbonyl (C=O) groups excluding carboxylic acids is 2. The van der Waals surface area contributed by atoms with E-state index in [9.17, 15) is 9.59 Å². The van der Waals surface area contributed by atoms with Crippen LogP contribution >= 0.6 is 0 Å². The molecule has 0 fully saturated rings. The van der Waals surface area contributed by atoms with Gasteiger partial charge in [0.15, 0.2) is 0 Å². The first-order chi connectivity index (χ1) is 9.02. The second kappa shape index (κ2) is 5.36. The molecule has 0 aliphatic carbocycles. The molecule has 1 aliphatic rings. The molecule has 0 aromatic heterocycles. The van der Waals surface area contributed by atoms with Gasteiger partial charge in [-0.05, 0) is 17.0 Å². The van der Waals surface area contributed by atoms with Gasteiger partial charge in [0.05, 0.1) is 17.8 Å². The summed E-state index contributed by atoms with van der Waals surface area (Å²) in [4.78, 5) is 23.3. The molecule has 4 heteroatoms. The highest BCUT2D eigenvalue weighted by Gasteiger charge is 2.34. The molecule has 0 unspecified atom stereocenters. The number of rotatable bonds is 4. The Bertz CT molecular complexity index is 538. The van der Waals surface area contributed by atoms with Gasteiger partial charge in [-0.15, -0.1) is 0 Å². The molecule has 1 heterocycles. The van der Waals surface area contributed by atoms with Crippen LogP contribution in [0.5, 0.6) is 0 Å². The van der Waals surface area contributed by atoms with Crippen molar-refractivity contribution in [1.82, 2.24) is 0 Å². The SMILES string of the molecule is CC(C)C1=C(Cc2ccc(CO)cc2)C(=O)OC1=O. The summed E-state index contributed by atoms with van der Waals surface area (Å²) in [5, 5.41) is 8.98. The van der Waals surface area contributed by atoms with Crippen molar-refractivity contribution in [3.63, 3.8) is 0 Å². The molecule has 100 valence electrons. The Labute approximate surface area is 111 Å². The number of cyclic esters (lactones) is 2. The van der Waals surface area contributed by atoms with Gasteiger partial charge in [0.25, 0.3) is 0 Å². The van der Waals surface area contributed by atoms with Gasteiger partial charge in [0.1, 0.15) is 0 Å². The topological polar surface area (TPSA) is 63.6 Å². The fraction of sp³-hybridized carbons (Fsp3) is 0.333. The zero-order valence-corrected chi connectivity index (χ0v) is 11.0. The van der Waals surface area contributed by atoms with Crippen molar-refractivity contribution < 1.29 is 19.4 Å². The number of hydrogen-bond acceptors (Lipinski definition) is 4. The Morgan fingerprint density at radius 3 is 2.16 bits per heavy atom. The maximum absolute atomic E-state index is 11.7. The van der Waals surface area contributed by atoms with Crippen molar-refractivity contribution in [2.24, 2.45) is 5.92 Å². The summed E-state index contributed by atoms with van der Waals surface area (Å²) in [7, 11) is 0. The van der Waals surface area contributed by atoms with E-state index in [1.54, 1.807) is 12.1 Å². The molecule has 0 spiro atoms. The molecule has 1 aliphatic heterocycles. The zero-order chi connectivity index (χ0) is 14.0. The second-order valence-corrected chi connectivity index (χ2v) is 4.88. The summed E-state index contributed by atoms with van der Waals surface area (Å²) in [6, 6.07) is 7.28. The molecule has 0 saturated heterocycles. The fourth-order valence-electron chi connectivity index (χ4n) is 2.15. The number of esters is 2. The smallest absolute Gasteiger partial charge is 0.342 e. The van der Waals surface area contributed by atoms with Crippen LogP contribution in [0.25, 0.3) is 0 Å². The normalized spacial score (nSPS) is 15.4. The van der Waals surface area contributed by atoms with Crippen LogP contribution in [0.3, 0.4) is 0 Å². The Kier molecular flexibility index (Phi) is 3.81.